The fourth-order valence-electron chi connectivity index (χ4n) is 2.72. The summed E-state index contributed by atoms with van der Waals surface area (Å²) >= 11 is 0. The second kappa shape index (κ2) is 6.50. The molecule has 0 radical (unpaired) electrons. The van der Waals surface area contributed by atoms with Gasteiger partial charge in [0.25, 0.3) is 0 Å². The molecule has 0 amide bonds. The number of hydrogen-bond acceptors (Lipinski definition) is 7. The minimum Gasteiger partial charge on any atom is -0.497 e. The zero-order valence-electron chi connectivity index (χ0n) is 13.9. The van der Waals surface area contributed by atoms with Crippen molar-refractivity contribution in [2.24, 2.45) is 0 Å². The quantitative estimate of drug-likeness (QED) is 0.675. The molecule has 4 rings (SSSR count). The van der Waals surface area contributed by atoms with E-state index in [0.29, 0.717) is 30.6 Å². The number of benzene rings is 1. The fraction of sp³-hybridized carbons (Fsp3) is 0.235. The van der Waals surface area contributed by atoms with Crippen molar-refractivity contribution >= 4 is 10.0 Å². The van der Waals surface area contributed by atoms with Crippen molar-refractivity contribution in [3.63, 3.8) is 0 Å². The van der Waals surface area contributed by atoms with Gasteiger partial charge in [-0.3, -0.25) is 4.98 Å². The summed E-state index contributed by atoms with van der Waals surface area (Å²) in [5.74, 6) is 1.30. The summed E-state index contributed by atoms with van der Waals surface area (Å²) in [5, 5.41) is 3.96. The maximum absolute atomic E-state index is 12.7. The highest BCUT2D eigenvalue weighted by molar-refractivity contribution is 7.89. The number of ether oxygens (including phenoxy) is 1. The molecule has 2 aromatic heterocycles. The van der Waals surface area contributed by atoms with Crippen LogP contribution in [0.25, 0.3) is 11.4 Å². The highest BCUT2D eigenvalue weighted by Gasteiger charge is 2.40. The third kappa shape index (κ3) is 2.95. The molecule has 1 fully saturated rings. The summed E-state index contributed by atoms with van der Waals surface area (Å²) in [6.07, 6.45) is 3.30. The van der Waals surface area contributed by atoms with E-state index in [0.717, 1.165) is 5.56 Å². The van der Waals surface area contributed by atoms with Gasteiger partial charge < -0.3 is 9.26 Å². The third-order valence-corrected chi connectivity index (χ3v) is 6.08. The summed E-state index contributed by atoms with van der Waals surface area (Å²) < 4.78 is 37.2. The van der Waals surface area contributed by atoms with Crippen molar-refractivity contribution in [1.29, 1.82) is 0 Å². The predicted molar refractivity (Wildman–Crippen MR) is 92.0 cm³/mol. The van der Waals surface area contributed by atoms with Gasteiger partial charge in [0.2, 0.25) is 21.7 Å². The molecule has 0 bridgehead atoms. The second-order valence-corrected chi connectivity index (χ2v) is 7.83. The average Bonchev–Trinajstić information content (AvgIpc) is 3.10. The Morgan fingerprint density at radius 2 is 1.96 bits per heavy atom. The fourth-order valence-corrected chi connectivity index (χ4v) is 4.29. The van der Waals surface area contributed by atoms with Crippen LogP contribution in [0, 0.1) is 0 Å². The van der Waals surface area contributed by atoms with Gasteiger partial charge in [0.05, 0.1) is 17.9 Å². The SMILES string of the molecule is COc1cccc(S(=O)(=O)N2CC(c3nc(-c4ccncc4)no3)C2)c1. The molecule has 1 aliphatic rings. The van der Waals surface area contributed by atoms with Gasteiger partial charge in [-0.05, 0) is 24.3 Å². The molecular weight excluding hydrogens is 356 g/mol. The van der Waals surface area contributed by atoms with Gasteiger partial charge in [-0.1, -0.05) is 11.2 Å². The Morgan fingerprint density at radius 3 is 2.69 bits per heavy atom. The van der Waals surface area contributed by atoms with Gasteiger partial charge in [0.1, 0.15) is 5.75 Å². The van der Waals surface area contributed by atoms with Gasteiger partial charge in [-0.2, -0.15) is 9.29 Å². The number of sulfonamides is 1. The van der Waals surface area contributed by atoms with Crippen molar-refractivity contribution in [2.75, 3.05) is 20.2 Å². The summed E-state index contributed by atoms with van der Waals surface area (Å²) in [7, 11) is -2.06. The van der Waals surface area contributed by atoms with E-state index in [1.807, 2.05) is 0 Å². The normalized spacial score (nSPS) is 15.6. The molecule has 9 heteroatoms. The summed E-state index contributed by atoms with van der Waals surface area (Å²) in [6, 6.07) is 10.00. The smallest absolute Gasteiger partial charge is 0.243 e. The summed E-state index contributed by atoms with van der Waals surface area (Å²) in [4.78, 5) is 8.53. The van der Waals surface area contributed by atoms with E-state index in [1.54, 1.807) is 42.7 Å². The van der Waals surface area contributed by atoms with Crippen LogP contribution in [0.3, 0.4) is 0 Å². The van der Waals surface area contributed by atoms with Crippen LogP contribution in [0.2, 0.25) is 0 Å². The minimum atomic E-state index is -3.57. The maximum atomic E-state index is 12.7. The number of aromatic nitrogens is 3. The summed E-state index contributed by atoms with van der Waals surface area (Å²) in [5.41, 5.74) is 0.801. The van der Waals surface area contributed by atoms with E-state index < -0.39 is 10.0 Å². The van der Waals surface area contributed by atoms with E-state index in [4.69, 9.17) is 9.26 Å². The van der Waals surface area contributed by atoms with Crippen molar-refractivity contribution < 1.29 is 17.7 Å². The van der Waals surface area contributed by atoms with Crippen molar-refractivity contribution in [3.8, 4) is 17.1 Å². The van der Waals surface area contributed by atoms with E-state index in [2.05, 4.69) is 15.1 Å². The van der Waals surface area contributed by atoms with Crippen molar-refractivity contribution in [2.45, 2.75) is 10.8 Å². The van der Waals surface area contributed by atoms with Crippen LogP contribution in [0.5, 0.6) is 5.75 Å². The molecule has 1 saturated heterocycles. The minimum absolute atomic E-state index is 0.113. The lowest BCUT2D eigenvalue weighted by Crippen LogP contribution is -2.48. The first-order chi connectivity index (χ1) is 12.6. The van der Waals surface area contributed by atoms with Crippen LogP contribution >= 0.6 is 0 Å². The first-order valence-electron chi connectivity index (χ1n) is 7.96. The lowest BCUT2D eigenvalue weighted by molar-refractivity contribution is 0.216. The maximum Gasteiger partial charge on any atom is 0.243 e. The highest BCUT2D eigenvalue weighted by atomic mass is 32.2. The zero-order valence-corrected chi connectivity index (χ0v) is 14.8. The lowest BCUT2D eigenvalue weighted by Gasteiger charge is -2.35. The van der Waals surface area contributed by atoms with Crippen molar-refractivity contribution in [1.82, 2.24) is 19.4 Å². The monoisotopic (exact) mass is 372 g/mol. The molecule has 0 spiro atoms. The molecule has 134 valence electrons. The van der Waals surface area contributed by atoms with Gasteiger partial charge in [-0.15, -0.1) is 0 Å². The molecule has 0 aliphatic carbocycles. The topological polar surface area (TPSA) is 98.4 Å². The Labute approximate surface area is 150 Å². The number of hydrogen-bond donors (Lipinski definition) is 0. The molecule has 3 aromatic rings. The molecule has 1 aromatic carbocycles. The van der Waals surface area contributed by atoms with Gasteiger partial charge in [0.15, 0.2) is 0 Å². The molecule has 8 nitrogen and oxygen atoms in total. The largest absolute Gasteiger partial charge is 0.497 e. The Bertz CT molecular complexity index is 1010. The van der Waals surface area contributed by atoms with Crippen LogP contribution in [0.1, 0.15) is 11.8 Å². The molecule has 0 saturated carbocycles. The molecule has 3 heterocycles. The standard InChI is InChI=1S/C17H16N4O4S/c1-24-14-3-2-4-15(9-14)26(22,23)21-10-13(11-21)17-19-16(20-25-17)12-5-7-18-8-6-12/h2-9,13H,10-11H2,1H3. The van der Waals surface area contributed by atoms with Crippen LogP contribution in [0.15, 0.2) is 58.2 Å². The highest BCUT2D eigenvalue weighted by Crippen LogP contribution is 2.32. The molecule has 0 unspecified atom stereocenters. The number of methoxy groups -OCH3 is 1. The van der Waals surface area contributed by atoms with Gasteiger partial charge in [0, 0.05) is 37.1 Å². The molecule has 0 atom stereocenters. The zero-order chi connectivity index (χ0) is 18.1. The van der Waals surface area contributed by atoms with Crippen molar-refractivity contribution in [3.05, 3.63) is 54.7 Å². The van der Waals surface area contributed by atoms with Gasteiger partial charge >= 0.3 is 0 Å². The van der Waals surface area contributed by atoms with Gasteiger partial charge in [-0.25, -0.2) is 8.42 Å². The van der Waals surface area contributed by atoms with Crippen LogP contribution in [-0.2, 0) is 10.0 Å². The molecule has 0 N–H and O–H groups in total. The lowest BCUT2D eigenvalue weighted by atomic mass is 10.0. The van der Waals surface area contributed by atoms with Crippen LogP contribution in [-0.4, -0.2) is 48.0 Å². The Morgan fingerprint density at radius 1 is 1.19 bits per heavy atom. The van der Waals surface area contributed by atoms with E-state index >= 15 is 0 Å². The first kappa shape index (κ1) is 16.7. The Hall–Kier alpha value is -2.78. The predicted octanol–water partition coefficient (Wildman–Crippen LogP) is 1.93. The van der Waals surface area contributed by atoms with E-state index in [1.165, 1.54) is 17.5 Å². The summed E-state index contributed by atoms with van der Waals surface area (Å²) in [6.45, 7) is 0.606. The third-order valence-electron chi connectivity index (χ3n) is 4.26. The number of pyridine rings is 1. The number of nitrogens with zero attached hydrogens (tertiary/aromatic N) is 4. The van der Waals surface area contributed by atoms with E-state index in [-0.39, 0.29) is 10.8 Å². The Kier molecular flexibility index (Phi) is 4.17. The van der Waals surface area contributed by atoms with E-state index in [9.17, 15) is 8.42 Å². The second-order valence-electron chi connectivity index (χ2n) is 5.89. The molecule has 1 aliphatic heterocycles. The molecule has 26 heavy (non-hydrogen) atoms. The number of rotatable bonds is 5. The Balaban J connectivity index is 1.47. The van der Waals surface area contributed by atoms with Crippen LogP contribution in [0.4, 0.5) is 0 Å². The first-order valence-corrected chi connectivity index (χ1v) is 9.40. The van der Waals surface area contributed by atoms with Crippen LogP contribution < -0.4 is 4.74 Å². The molecular formula is C17H16N4O4S. The average molecular weight is 372 g/mol.